The van der Waals surface area contributed by atoms with E-state index in [0.29, 0.717) is 5.92 Å². The third kappa shape index (κ3) is 2.50. The first-order valence-electron chi connectivity index (χ1n) is 7.84. The molecule has 1 aromatic carbocycles. The molecule has 0 aliphatic carbocycles. The molecule has 0 saturated carbocycles. The van der Waals surface area contributed by atoms with Crippen molar-refractivity contribution in [2.75, 3.05) is 13.1 Å². The van der Waals surface area contributed by atoms with Crippen LogP contribution in [0.4, 0.5) is 0 Å². The maximum Gasteiger partial charge on any atom is 0.0653 e. The molecule has 0 spiro atoms. The topological polar surface area (TPSA) is 44.8 Å². The highest BCUT2D eigenvalue weighted by Gasteiger charge is 2.25. The van der Waals surface area contributed by atoms with Crippen LogP contribution in [-0.2, 0) is 6.54 Å². The Bertz CT molecular complexity index is 792. The smallest absolute Gasteiger partial charge is 0.0653 e. The van der Waals surface area contributed by atoms with Crippen molar-refractivity contribution in [3.05, 3.63) is 59.5 Å². The molecular weight excluding hydrogens is 272 g/mol. The lowest BCUT2D eigenvalue weighted by Gasteiger charge is -2.17. The summed E-state index contributed by atoms with van der Waals surface area (Å²) < 4.78 is 0. The first-order valence-corrected chi connectivity index (χ1v) is 7.84. The molecule has 1 aliphatic heterocycles. The molecule has 4 rings (SSSR count). The summed E-state index contributed by atoms with van der Waals surface area (Å²) in [7, 11) is 0. The molecule has 1 aliphatic rings. The van der Waals surface area contributed by atoms with Gasteiger partial charge in [-0.05, 0) is 54.6 Å². The zero-order valence-electron chi connectivity index (χ0n) is 12.8. The van der Waals surface area contributed by atoms with E-state index in [4.69, 9.17) is 0 Å². The van der Waals surface area contributed by atoms with Crippen molar-refractivity contribution >= 4 is 10.9 Å². The van der Waals surface area contributed by atoms with Gasteiger partial charge in [0.15, 0.2) is 0 Å². The monoisotopic (exact) mass is 292 g/mol. The molecular formula is C18H20N4. The maximum absolute atomic E-state index is 4.30. The number of nitrogens with zero attached hydrogens (tertiary/aromatic N) is 3. The van der Waals surface area contributed by atoms with Gasteiger partial charge in [0.1, 0.15) is 0 Å². The Kier molecular flexibility index (Phi) is 3.39. The van der Waals surface area contributed by atoms with Crippen LogP contribution in [0, 0.1) is 6.92 Å². The van der Waals surface area contributed by atoms with Crippen LogP contribution in [0.3, 0.4) is 0 Å². The Balaban J connectivity index is 1.47. The van der Waals surface area contributed by atoms with Crippen LogP contribution in [0.25, 0.3) is 10.9 Å². The van der Waals surface area contributed by atoms with Crippen molar-refractivity contribution in [1.82, 2.24) is 20.1 Å². The zero-order chi connectivity index (χ0) is 14.9. The second-order valence-electron chi connectivity index (χ2n) is 6.24. The summed E-state index contributed by atoms with van der Waals surface area (Å²) >= 11 is 0. The molecule has 0 amide bonds. The average molecular weight is 292 g/mol. The van der Waals surface area contributed by atoms with Gasteiger partial charge in [0.05, 0.1) is 11.7 Å². The van der Waals surface area contributed by atoms with Crippen LogP contribution >= 0.6 is 0 Å². The van der Waals surface area contributed by atoms with Crippen molar-refractivity contribution in [3.8, 4) is 0 Å². The summed E-state index contributed by atoms with van der Waals surface area (Å²) in [5.74, 6) is 0.615. The second kappa shape index (κ2) is 5.54. The first-order chi connectivity index (χ1) is 10.8. The minimum absolute atomic E-state index is 0.615. The lowest BCUT2D eigenvalue weighted by Crippen LogP contribution is -2.19. The van der Waals surface area contributed by atoms with E-state index >= 15 is 0 Å². The Morgan fingerprint density at radius 3 is 3.14 bits per heavy atom. The molecule has 1 unspecified atom stereocenters. The number of rotatable bonds is 3. The molecule has 2 aromatic heterocycles. The molecule has 1 atom stereocenters. The van der Waals surface area contributed by atoms with E-state index in [1.54, 1.807) is 0 Å². The Morgan fingerprint density at radius 2 is 2.23 bits per heavy atom. The van der Waals surface area contributed by atoms with Crippen LogP contribution in [0.2, 0.25) is 0 Å². The summed E-state index contributed by atoms with van der Waals surface area (Å²) in [5.41, 5.74) is 5.24. The maximum atomic E-state index is 4.30. The standard InChI is InChI=1S/C18H20N4/c1-13-4-6-19-10-17(13)16-5-7-22(12-16)11-14-2-3-15-9-20-21-18(15)8-14/h2-4,6,8-10,16H,5,7,11-12H2,1H3,(H,20,21). The predicted octanol–water partition coefficient (Wildman–Crippen LogP) is 3.26. The van der Waals surface area contributed by atoms with Crippen LogP contribution in [0.15, 0.2) is 42.9 Å². The van der Waals surface area contributed by atoms with Crippen molar-refractivity contribution < 1.29 is 0 Å². The fraction of sp³-hybridized carbons (Fsp3) is 0.333. The van der Waals surface area contributed by atoms with E-state index in [0.717, 1.165) is 25.2 Å². The molecule has 1 fully saturated rings. The third-order valence-corrected chi connectivity index (χ3v) is 4.70. The number of aromatic nitrogens is 3. The number of fused-ring (bicyclic) bond motifs is 1. The van der Waals surface area contributed by atoms with E-state index in [-0.39, 0.29) is 0 Å². The number of hydrogen-bond acceptors (Lipinski definition) is 3. The molecule has 22 heavy (non-hydrogen) atoms. The van der Waals surface area contributed by atoms with Crippen molar-refractivity contribution in [2.24, 2.45) is 0 Å². The quantitative estimate of drug-likeness (QED) is 0.806. The summed E-state index contributed by atoms with van der Waals surface area (Å²) in [6, 6.07) is 8.68. The van der Waals surface area contributed by atoms with Gasteiger partial charge in [0.25, 0.3) is 0 Å². The van der Waals surface area contributed by atoms with Crippen LogP contribution in [0.5, 0.6) is 0 Å². The SMILES string of the molecule is Cc1ccncc1C1CCN(Cc2ccc3cn[nH]c3c2)C1. The van der Waals surface area contributed by atoms with Gasteiger partial charge in [-0.1, -0.05) is 12.1 Å². The number of aryl methyl sites for hydroxylation is 1. The number of aromatic amines is 1. The minimum Gasteiger partial charge on any atom is -0.298 e. The molecule has 1 saturated heterocycles. The lowest BCUT2D eigenvalue weighted by atomic mass is 9.96. The summed E-state index contributed by atoms with van der Waals surface area (Å²) in [6.07, 6.45) is 7.01. The summed E-state index contributed by atoms with van der Waals surface area (Å²) in [4.78, 5) is 6.83. The molecule has 4 heteroatoms. The number of likely N-dealkylation sites (tertiary alicyclic amines) is 1. The van der Waals surface area contributed by atoms with Crippen molar-refractivity contribution in [2.45, 2.75) is 25.8 Å². The molecule has 0 radical (unpaired) electrons. The average Bonchev–Trinajstić information content (AvgIpc) is 3.16. The van der Waals surface area contributed by atoms with Crippen LogP contribution in [-0.4, -0.2) is 33.2 Å². The zero-order valence-corrected chi connectivity index (χ0v) is 12.8. The Labute approximate surface area is 130 Å². The van der Waals surface area contributed by atoms with Gasteiger partial charge >= 0.3 is 0 Å². The van der Waals surface area contributed by atoms with E-state index in [1.807, 2.05) is 18.6 Å². The van der Waals surface area contributed by atoms with Gasteiger partial charge in [0, 0.05) is 30.9 Å². The van der Waals surface area contributed by atoms with Gasteiger partial charge < -0.3 is 0 Å². The molecule has 3 heterocycles. The highest BCUT2D eigenvalue weighted by molar-refractivity contribution is 5.78. The largest absolute Gasteiger partial charge is 0.298 e. The molecule has 112 valence electrons. The van der Waals surface area contributed by atoms with Gasteiger partial charge in [-0.15, -0.1) is 0 Å². The van der Waals surface area contributed by atoms with Gasteiger partial charge in [-0.25, -0.2) is 0 Å². The van der Waals surface area contributed by atoms with Gasteiger partial charge in [-0.3, -0.25) is 15.0 Å². The van der Waals surface area contributed by atoms with Crippen molar-refractivity contribution in [3.63, 3.8) is 0 Å². The number of nitrogens with one attached hydrogen (secondary N) is 1. The van der Waals surface area contributed by atoms with Crippen LogP contribution < -0.4 is 0 Å². The normalized spacial score (nSPS) is 19.0. The Hall–Kier alpha value is -2.20. The lowest BCUT2D eigenvalue weighted by molar-refractivity contribution is 0.327. The highest BCUT2D eigenvalue weighted by Crippen LogP contribution is 2.29. The predicted molar refractivity (Wildman–Crippen MR) is 87.7 cm³/mol. The fourth-order valence-electron chi connectivity index (χ4n) is 3.47. The van der Waals surface area contributed by atoms with Gasteiger partial charge in [-0.2, -0.15) is 5.10 Å². The summed E-state index contributed by atoms with van der Waals surface area (Å²) in [5, 5.41) is 8.32. The highest BCUT2D eigenvalue weighted by atomic mass is 15.1. The van der Waals surface area contributed by atoms with E-state index in [2.05, 4.69) is 51.3 Å². The van der Waals surface area contributed by atoms with Crippen LogP contribution in [0.1, 0.15) is 29.0 Å². The number of hydrogen-bond donors (Lipinski definition) is 1. The first kappa shape index (κ1) is 13.5. The third-order valence-electron chi connectivity index (χ3n) is 4.70. The van der Waals surface area contributed by atoms with Gasteiger partial charge in [0.2, 0.25) is 0 Å². The molecule has 1 N–H and O–H groups in total. The molecule has 3 aromatic rings. The van der Waals surface area contributed by atoms with E-state index < -0.39 is 0 Å². The fourth-order valence-corrected chi connectivity index (χ4v) is 3.47. The van der Waals surface area contributed by atoms with E-state index in [1.165, 1.54) is 28.5 Å². The minimum atomic E-state index is 0.615. The van der Waals surface area contributed by atoms with E-state index in [9.17, 15) is 0 Å². The summed E-state index contributed by atoms with van der Waals surface area (Å²) in [6.45, 7) is 5.46. The number of benzene rings is 1. The number of pyridine rings is 1. The Morgan fingerprint density at radius 1 is 1.27 bits per heavy atom. The molecule has 0 bridgehead atoms. The van der Waals surface area contributed by atoms with Crippen molar-refractivity contribution in [1.29, 1.82) is 0 Å². The second-order valence-corrected chi connectivity index (χ2v) is 6.24. The molecule has 4 nitrogen and oxygen atoms in total. The number of H-pyrrole nitrogens is 1.